The van der Waals surface area contributed by atoms with E-state index in [1.165, 1.54) is 56.9 Å². The van der Waals surface area contributed by atoms with Crippen molar-refractivity contribution in [2.75, 3.05) is 0 Å². The van der Waals surface area contributed by atoms with Crippen LogP contribution < -0.4 is 0 Å². The first kappa shape index (κ1) is 23.2. The van der Waals surface area contributed by atoms with Gasteiger partial charge in [0.1, 0.15) is 6.10 Å². The summed E-state index contributed by atoms with van der Waals surface area (Å²) in [5, 5.41) is 10.3. The van der Waals surface area contributed by atoms with Gasteiger partial charge in [0.25, 0.3) is 0 Å². The van der Waals surface area contributed by atoms with Gasteiger partial charge in [0, 0.05) is 5.56 Å². The standard InChI is InChI=1S/C25H40O2Si/c1-5-6-7-8-21-9-13-23(14-10-21)19-25(26)18-17-22-11-15-24(16-12-22)20-27-28(2,3)4/h11-12,15-16,21,23,25-26H,5-10,13-14,19-20H2,1-4H3. The number of unbranched alkanes of at least 4 members (excludes halogenated alkanes) is 2. The molecule has 2 rings (SSSR count). The third kappa shape index (κ3) is 9.41. The van der Waals surface area contributed by atoms with Crippen LogP contribution in [0.1, 0.15) is 75.8 Å². The van der Waals surface area contributed by atoms with Gasteiger partial charge < -0.3 is 9.53 Å². The molecule has 1 aliphatic rings. The molecule has 1 atom stereocenters. The van der Waals surface area contributed by atoms with Crippen molar-refractivity contribution < 1.29 is 9.53 Å². The molecule has 156 valence electrons. The third-order valence-electron chi connectivity index (χ3n) is 5.75. The van der Waals surface area contributed by atoms with Gasteiger partial charge in [-0.1, -0.05) is 82.3 Å². The Balaban J connectivity index is 1.72. The summed E-state index contributed by atoms with van der Waals surface area (Å²) < 4.78 is 5.94. The Bertz CT molecular complexity index is 613. The predicted octanol–water partition coefficient (Wildman–Crippen LogP) is 6.53. The van der Waals surface area contributed by atoms with Crippen molar-refractivity contribution in [2.24, 2.45) is 11.8 Å². The van der Waals surface area contributed by atoms with Gasteiger partial charge in [-0.3, -0.25) is 0 Å². The van der Waals surface area contributed by atoms with Gasteiger partial charge in [-0.25, -0.2) is 0 Å². The molecule has 1 aromatic carbocycles. The second-order valence-electron chi connectivity index (χ2n) is 9.50. The largest absolute Gasteiger partial charge is 0.413 e. The highest BCUT2D eigenvalue weighted by Gasteiger charge is 2.22. The van der Waals surface area contributed by atoms with Crippen LogP contribution in [0.15, 0.2) is 24.3 Å². The molecule has 0 aliphatic heterocycles. The molecule has 0 amide bonds. The maximum atomic E-state index is 10.3. The van der Waals surface area contributed by atoms with E-state index in [2.05, 4.69) is 50.5 Å². The summed E-state index contributed by atoms with van der Waals surface area (Å²) >= 11 is 0. The van der Waals surface area contributed by atoms with Gasteiger partial charge in [0.05, 0.1) is 6.61 Å². The quantitative estimate of drug-likeness (QED) is 0.290. The Morgan fingerprint density at radius 3 is 2.29 bits per heavy atom. The molecule has 1 aromatic rings. The zero-order valence-corrected chi connectivity index (χ0v) is 19.5. The molecule has 0 heterocycles. The number of hydrogen-bond acceptors (Lipinski definition) is 2. The van der Waals surface area contributed by atoms with Crippen LogP contribution in [0.5, 0.6) is 0 Å². The molecule has 0 bridgehead atoms. The molecular formula is C25H40O2Si. The van der Waals surface area contributed by atoms with Crippen molar-refractivity contribution >= 4 is 8.32 Å². The highest BCUT2D eigenvalue weighted by Crippen LogP contribution is 2.34. The van der Waals surface area contributed by atoms with Crippen molar-refractivity contribution in [3.8, 4) is 11.8 Å². The molecule has 0 saturated heterocycles. The second-order valence-corrected chi connectivity index (χ2v) is 14.0. The van der Waals surface area contributed by atoms with Crippen LogP contribution in [-0.2, 0) is 11.0 Å². The molecule has 1 fully saturated rings. The van der Waals surface area contributed by atoms with Crippen LogP contribution in [0.2, 0.25) is 19.6 Å². The smallest absolute Gasteiger partial charge is 0.184 e. The number of aliphatic hydroxyl groups is 1. The Kier molecular flexibility index (Phi) is 9.78. The summed E-state index contributed by atoms with van der Waals surface area (Å²) in [6.45, 7) is 9.55. The fourth-order valence-electron chi connectivity index (χ4n) is 3.96. The Morgan fingerprint density at radius 2 is 1.68 bits per heavy atom. The van der Waals surface area contributed by atoms with E-state index < -0.39 is 14.4 Å². The topological polar surface area (TPSA) is 29.5 Å². The van der Waals surface area contributed by atoms with E-state index in [0.29, 0.717) is 12.5 Å². The fraction of sp³-hybridized carbons (Fsp3) is 0.680. The van der Waals surface area contributed by atoms with Crippen LogP contribution in [0, 0.1) is 23.7 Å². The SMILES string of the molecule is CCCCCC1CCC(CC(O)C#Cc2ccc(CO[Si](C)(C)C)cc2)CC1. The lowest BCUT2D eigenvalue weighted by Crippen LogP contribution is -2.24. The summed E-state index contributed by atoms with van der Waals surface area (Å²) in [6.07, 6.45) is 11.0. The number of aliphatic hydroxyl groups excluding tert-OH is 1. The molecule has 1 aliphatic carbocycles. The summed E-state index contributed by atoms with van der Waals surface area (Å²) in [4.78, 5) is 0. The van der Waals surface area contributed by atoms with E-state index in [-0.39, 0.29) is 0 Å². The van der Waals surface area contributed by atoms with Gasteiger partial charge in [-0.2, -0.15) is 0 Å². The summed E-state index contributed by atoms with van der Waals surface area (Å²) in [6, 6.07) is 8.22. The molecule has 1 N–H and O–H groups in total. The van der Waals surface area contributed by atoms with E-state index in [0.717, 1.165) is 17.9 Å². The van der Waals surface area contributed by atoms with Crippen LogP contribution in [0.25, 0.3) is 0 Å². The highest BCUT2D eigenvalue weighted by molar-refractivity contribution is 6.69. The van der Waals surface area contributed by atoms with Crippen LogP contribution in [0.3, 0.4) is 0 Å². The summed E-state index contributed by atoms with van der Waals surface area (Å²) in [7, 11) is -1.48. The maximum absolute atomic E-state index is 10.3. The number of hydrogen-bond donors (Lipinski definition) is 1. The molecule has 0 aromatic heterocycles. The number of benzene rings is 1. The van der Waals surface area contributed by atoms with E-state index in [9.17, 15) is 5.11 Å². The molecule has 1 unspecified atom stereocenters. The first-order valence-electron chi connectivity index (χ1n) is 11.3. The zero-order chi connectivity index (χ0) is 20.4. The Hall–Kier alpha value is -1.08. The predicted molar refractivity (Wildman–Crippen MR) is 122 cm³/mol. The van der Waals surface area contributed by atoms with Crippen molar-refractivity contribution in [1.82, 2.24) is 0 Å². The molecule has 0 radical (unpaired) electrons. The van der Waals surface area contributed by atoms with Crippen molar-refractivity contribution in [1.29, 1.82) is 0 Å². The minimum absolute atomic E-state index is 0.503. The van der Waals surface area contributed by atoms with Crippen molar-refractivity contribution in [2.45, 2.75) is 97.1 Å². The lowest BCUT2D eigenvalue weighted by Gasteiger charge is -2.29. The van der Waals surface area contributed by atoms with E-state index >= 15 is 0 Å². The van der Waals surface area contributed by atoms with Gasteiger partial charge in [0.2, 0.25) is 0 Å². The lowest BCUT2D eigenvalue weighted by molar-refractivity contribution is 0.161. The molecule has 2 nitrogen and oxygen atoms in total. The number of rotatable bonds is 9. The van der Waals surface area contributed by atoms with Crippen molar-refractivity contribution in [3.63, 3.8) is 0 Å². The van der Waals surface area contributed by atoms with Gasteiger partial charge >= 0.3 is 0 Å². The molecule has 3 heteroatoms. The fourth-order valence-corrected chi connectivity index (χ4v) is 4.56. The minimum Gasteiger partial charge on any atom is -0.413 e. The first-order chi connectivity index (χ1) is 13.4. The lowest BCUT2D eigenvalue weighted by atomic mass is 9.78. The normalized spacial score (nSPS) is 21.0. The van der Waals surface area contributed by atoms with E-state index in [4.69, 9.17) is 4.43 Å². The van der Waals surface area contributed by atoms with Crippen LogP contribution in [0.4, 0.5) is 0 Å². The molecular weight excluding hydrogens is 360 g/mol. The maximum Gasteiger partial charge on any atom is 0.184 e. The van der Waals surface area contributed by atoms with E-state index in [1.54, 1.807) is 0 Å². The average Bonchev–Trinajstić information content (AvgIpc) is 2.66. The Labute approximate surface area is 174 Å². The van der Waals surface area contributed by atoms with E-state index in [1.807, 2.05) is 12.1 Å². The first-order valence-corrected chi connectivity index (χ1v) is 14.7. The Morgan fingerprint density at radius 1 is 1.04 bits per heavy atom. The second kappa shape index (κ2) is 11.8. The third-order valence-corrected chi connectivity index (χ3v) is 6.76. The zero-order valence-electron chi connectivity index (χ0n) is 18.5. The summed E-state index contributed by atoms with van der Waals surface area (Å²) in [5.74, 6) is 7.77. The highest BCUT2D eigenvalue weighted by atomic mass is 28.4. The minimum atomic E-state index is -1.48. The van der Waals surface area contributed by atoms with Gasteiger partial charge in [-0.15, -0.1) is 0 Å². The van der Waals surface area contributed by atoms with Crippen molar-refractivity contribution in [3.05, 3.63) is 35.4 Å². The average molecular weight is 401 g/mol. The summed E-state index contributed by atoms with van der Waals surface area (Å²) in [5.41, 5.74) is 2.15. The molecule has 0 spiro atoms. The van der Waals surface area contributed by atoms with Crippen LogP contribution >= 0.6 is 0 Å². The van der Waals surface area contributed by atoms with Gasteiger partial charge in [-0.05, 0) is 55.6 Å². The molecule has 1 saturated carbocycles. The van der Waals surface area contributed by atoms with Crippen LogP contribution in [-0.4, -0.2) is 19.5 Å². The van der Waals surface area contributed by atoms with Gasteiger partial charge in [0.15, 0.2) is 8.32 Å². The molecule has 28 heavy (non-hydrogen) atoms. The monoisotopic (exact) mass is 400 g/mol.